The third kappa shape index (κ3) is 1.68. The number of nitrogens with two attached hydrogens (primary N) is 1. The molecule has 0 amide bonds. The van der Waals surface area contributed by atoms with Gasteiger partial charge >= 0.3 is 6.18 Å². The second-order valence-corrected chi connectivity index (χ2v) is 3.55. The Hall–Kier alpha value is -1.78. The van der Waals surface area contributed by atoms with Crippen molar-refractivity contribution in [2.75, 3.05) is 5.73 Å². The first-order valence-electron chi connectivity index (χ1n) is 4.62. The van der Waals surface area contributed by atoms with E-state index < -0.39 is 11.7 Å². The van der Waals surface area contributed by atoms with Gasteiger partial charge in [0.05, 0.1) is 5.56 Å². The highest BCUT2D eigenvalue weighted by Crippen LogP contribution is 2.36. The van der Waals surface area contributed by atoms with Crippen molar-refractivity contribution in [1.82, 2.24) is 4.98 Å². The molecule has 0 bridgehead atoms. The fourth-order valence-corrected chi connectivity index (χ4v) is 1.72. The monoisotopic (exact) mass is 226 g/mol. The lowest BCUT2D eigenvalue weighted by Crippen LogP contribution is -2.07. The predicted octanol–water partition coefficient (Wildman–Crippen LogP) is 3.14. The molecule has 0 radical (unpaired) electrons. The lowest BCUT2D eigenvalue weighted by atomic mass is 10.0. The molecule has 0 aliphatic carbocycles. The molecule has 1 aromatic heterocycles. The van der Waals surface area contributed by atoms with Crippen molar-refractivity contribution in [3.05, 3.63) is 35.5 Å². The molecule has 0 atom stereocenters. The summed E-state index contributed by atoms with van der Waals surface area (Å²) in [4.78, 5) is 3.85. The van der Waals surface area contributed by atoms with Crippen LogP contribution in [-0.4, -0.2) is 4.98 Å². The number of aromatic nitrogens is 1. The molecular formula is C11H9F3N2. The first-order valence-corrected chi connectivity index (χ1v) is 4.62. The van der Waals surface area contributed by atoms with Crippen molar-refractivity contribution in [3.8, 4) is 0 Å². The van der Waals surface area contributed by atoms with E-state index in [0.29, 0.717) is 11.1 Å². The van der Waals surface area contributed by atoms with Crippen molar-refractivity contribution in [3.63, 3.8) is 0 Å². The zero-order valence-corrected chi connectivity index (χ0v) is 8.47. The Morgan fingerprint density at radius 1 is 1.25 bits per heavy atom. The molecule has 0 saturated heterocycles. The molecular weight excluding hydrogens is 217 g/mol. The molecule has 2 rings (SSSR count). The fraction of sp³-hybridized carbons (Fsp3) is 0.182. The Kier molecular flexibility index (Phi) is 2.26. The summed E-state index contributed by atoms with van der Waals surface area (Å²) >= 11 is 0. The van der Waals surface area contributed by atoms with Gasteiger partial charge in [0.25, 0.3) is 0 Å². The summed E-state index contributed by atoms with van der Waals surface area (Å²) in [6, 6.07) is 5.55. The minimum Gasteiger partial charge on any atom is -0.383 e. The number of benzene rings is 1. The normalized spacial score (nSPS) is 12.0. The molecule has 1 heterocycles. The van der Waals surface area contributed by atoms with Crippen molar-refractivity contribution >= 4 is 16.6 Å². The maximum Gasteiger partial charge on any atom is 0.417 e. The Labute approximate surface area is 89.9 Å². The van der Waals surface area contributed by atoms with Crippen LogP contribution in [0.25, 0.3) is 10.8 Å². The molecule has 84 valence electrons. The summed E-state index contributed by atoms with van der Waals surface area (Å²) in [5.41, 5.74) is 5.40. The largest absolute Gasteiger partial charge is 0.417 e. The van der Waals surface area contributed by atoms with E-state index in [2.05, 4.69) is 4.98 Å². The first kappa shape index (κ1) is 10.7. The van der Waals surface area contributed by atoms with E-state index in [1.807, 2.05) is 0 Å². The van der Waals surface area contributed by atoms with Gasteiger partial charge in [-0.05, 0) is 24.4 Å². The molecule has 2 nitrogen and oxygen atoms in total. The van der Waals surface area contributed by atoms with E-state index in [1.54, 1.807) is 19.1 Å². The van der Waals surface area contributed by atoms with Crippen molar-refractivity contribution in [2.45, 2.75) is 13.1 Å². The summed E-state index contributed by atoms with van der Waals surface area (Å²) in [6.07, 6.45) is -4.41. The zero-order chi connectivity index (χ0) is 11.9. The van der Waals surface area contributed by atoms with Gasteiger partial charge in [0.15, 0.2) is 0 Å². The van der Waals surface area contributed by atoms with Gasteiger partial charge in [0, 0.05) is 11.1 Å². The van der Waals surface area contributed by atoms with Gasteiger partial charge in [0.2, 0.25) is 0 Å². The fourth-order valence-electron chi connectivity index (χ4n) is 1.72. The minimum absolute atomic E-state index is 0.0272. The van der Waals surface area contributed by atoms with Crippen LogP contribution in [0.1, 0.15) is 11.3 Å². The van der Waals surface area contributed by atoms with Crippen molar-refractivity contribution < 1.29 is 13.2 Å². The van der Waals surface area contributed by atoms with Gasteiger partial charge in [-0.25, -0.2) is 4.98 Å². The summed E-state index contributed by atoms with van der Waals surface area (Å²) in [5.74, 6) is -0.0806. The summed E-state index contributed by atoms with van der Waals surface area (Å²) in [7, 11) is 0. The summed E-state index contributed by atoms with van der Waals surface area (Å²) < 4.78 is 38.1. The average molecular weight is 226 g/mol. The number of hydrogen-bond acceptors (Lipinski definition) is 2. The molecule has 5 heteroatoms. The highest BCUT2D eigenvalue weighted by atomic mass is 19.4. The lowest BCUT2D eigenvalue weighted by molar-refractivity contribution is -0.136. The summed E-state index contributed by atoms with van der Waals surface area (Å²) in [6.45, 7) is 1.69. The Morgan fingerprint density at radius 2 is 1.94 bits per heavy atom. The number of halogens is 3. The summed E-state index contributed by atoms with van der Waals surface area (Å²) in [5, 5.41) is 0.431. The number of hydrogen-bond donors (Lipinski definition) is 1. The van der Waals surface area contributed by atoms with Gasteiger partial charge in [-0.3, -0.25) is 0 Å². The molecule has 16 heavy (non-hydrogen) atoms. The number of fused-ring (bicyclic) bond motifs is 1. The number of alkyl halides is 3. The maximum absolute atomic E-state index is 12.7. The average Bonchev–Trinajstić information content (AvgIpc) is 2.14. The van der Waals surface area contributed by atoms with Crippen LogP contribution in [-0.2, 0) is 6.18 Å². The van der Waals surface area contributed by atoms with E-state index in [4.69, 9.17) is 5.73 Å². The van der Waals surface area contributed by atoms with E-state index in [-0.39, 0.29) is 11.2 Å². The van der Waals surface area contributed by atoms with Crippen LogP contribution in [0.5, 0.6) is 0 Å². The van der Waals surface area contributed by atoms with Crippen molar-refractivity contribution in [2.24, 2.45) is 0 Å². The van der Waals surface area contributed by atoms with Gasteiger partial charge in [-0.2, -0.15) is 13.2 Å². The topological polar surface area (TPSA) is 38.9 Å². The Morgan fingerprint density at radius 3 is 2.56 bits per heavy atom. The second kappa shape index (κ2) is 3.37. The van der Waals surface area contributed by atoms with Crippen LogP contribution in [0, 0.1) is 6.92 Å². The lowest BCUT2D eigenvalue weighted by Gasteiger charge is -2.12. The first-order chi connectivity index (χ1) is 7.39. The van der Waals surface area contributed by atoms with Gasteiger partial charge in [0.1, 0.15) is 5.82 Å². The van der Waals surface area contributed by atoms with E-state index in [9.17, 15) is 13.2 Å². The van der Waals surface area contributed by atoms with E-state index >= 15 is 0 Å². The smallest absolute Gasteiger partial charge is 0.383 e. The van der Waals surface area contributed by atoms with Crippen LogP contribution < -0.4 is 5.73 Å². The molecule has 0 fully saturated rings. The molecule has 0 spiro atoms. The van der Waals surface area contributed by atoms with Crippen molar-refractivity contribution in [1.29, 1.82) is 0 Å². The van der Waals surface area contributed by atoms with Gasteiger partial charge in [-0.15, -0.1) is 0 Å². The molecule has 0 saturated carbocycles. The number of rotatable bonds is 0. The molecule has 0 aliphatic rings. The second-order valence-electron chi connectivity index (χ2n) is 3.55. The van der Waals surface area contributed by atoms with Gasteiger partial charge < -0.3 is 5.73 Å². The molecule has 2 N–H and O–H groups in total. The number of nitrogen functional groups attached to an aromatic ring is 1. The van der Waals surface area contributed by atoms with E-state index in [0.717, 1.165) is 6.07 Å². The molecule has 1 aromatic carbocycles. The Balaban J connectivity index is 2.87. The molecule has 0 aliphatic heterocycles. The number of pyridine rings is 1. The SMILES string of the molecule is Cc1cc2cccc(C(F)(F)F)c2c(N)n1. The predicted molar refractivity (Wildman–Crippen MR) is 55.9 cm³/mol. The highest BCUT2D eigenvalue weighted by Gasteiger charge is 2.33. The highest BCUT2D eigenvalue weighted by molar-refractivity contribution is 5.94. The maximum atomic E-state index is 12.7. The third-order valence-electron chi connectivity index (χ3n) is 2.32. The minimum atomic E-state index is -4.41. The Bertz CT molecular complexity index is 547. The van der Waals surface area contributed by atoms with Crippen LogP contribution in [0.2, 0.25) is 0 Å². The number of anilines is 1. The molecule has 0 unspecified atom stereocenters. The third-order valence-corrected chi connectivity index (χ3v) is 2.32. The van der Waals surface area contributed by atoms with Crippen LogP contribution in [0.3, 0.4) is 0 Å². The zero-order valence-electron chi connectivity index (χ0n) is 8.47. The van der Waals surface area contributed by atoms with Gasteiger partial charge in [-0.1, -0.05) is 12.1 Å². The number of aryl methyl sites for hydroxylation is 1. The molecule has 2 aromatic rings. The van der Waals surface area contributed by atoms with Crippen LogP contribution in [0.15, 0.2) is 24.3 Å². The van der Waals surface area contributed by atoms with Crippen LogP contribution in [0.4, 0.5) is 19.0 Å². The van der Waals surface area contributed by atoms with Crippen LogP contribution >= 0.6 is 0 Å². The standard InChI is InChI=1S/C11H9F3N2/c1-6-5-7-3-2-4-8(11(12,13)14)9(7)10(15)16-6/h2-5H,1H3,(H2,15,16). The van der Waals surface area contributed by atoms with E-state index in [1.165, 1.54) is 6.07 Å². The quantitative estimate of drug-likeness (QED) is 0.749. The number of nitrogens with zero attached hydrogens (tertiary/aromatic N) is 1.